The number of hydrogen-bond acceptors (Lipinski definition) is 3. The van der Waals surface area contributed by atoms with E-state index in [1.807, 2.05) is 34.9 Å². The number of fused-ring (bicyclic) bond motifs is 1. The zero-order valence-corrected chi connectivity index (χ0v) is 11.3. The second-order valence-corrected chi connectivity index (χ2v) is 4.61. The molecule has 3 rings (SSSR count). The van der Waals surface area contributed by atoms with Crippen molar-refractivity contribution < 1.29 is 4.74 Å². The number of benzene rings is 1. The number of imidazole rings is 1. The normalized spacial score (nSPS) is 10.8. The van der Waals surface area contributed by atoms with Gasteiger partial charge in [0.25, 0.3) is 0 Å². The predicted molar refractivity (Wildman–Crippen MR) is 77.0 cm³/mol. The van der Waals surface area contributed by atoms with Crippen molar-refractivity contribution in [2.45, 2.75) is 6.54 Å². The van der Waals surface area contributed by atoms with Crippen molar-refractivity contribution in [3.8, 4) is 5.88 Å². The number of pyridine rings is 1. The Bertz CT molecular complexity index is 761. The average Bonchev–Trinajstić information content (AvgIpc) is 2.76. The smallest absolute Gasteiger partial charge is 0.215 e. The minimum atomic E-state index is 0.586. The summed E-state index contributed by atoms with van der Waals surface area (Å²) in [5, 5.41) is 0. The number of H-pyrrole nitrogens is 1. The first-order valence-corrected chi connectivity index (χ1v) is 6.36. The van der Waals surface area contributed by atoms with Gasteiger partial charge in [0.2, 0.25) is 5.88 Å². The Morgan fingerprint density at radius 3 is 2.74 bits per heavy atom. The molecular weight excluding hydrogens is 258 g/mol. The molecule has 0 amide bonds. The summed E-state index contributed by atoms with van der Waals surface area (Å²) in [5.41, 5.74) is 2.92. The van der Waals surface area contributed by atoms with Crippen LogP contribution in [0.15, 0.2) is 42.5 Å². The topological polar surface area (TPSA) is 42.8 Å². The van der Waals surface area contributed by atoms with Gasteiger partial charge in [-0.3, -0.25) is 4.57 Å². The van der Waals surface area contributed by atoms with Crippen LogP contribution in [0.3, 0.4) is 0 Å². The molecule has 0 saturated carbocycles. The molecule has 0 fully saturated rings. The minimum Gasteiger partial charge on any atom is -0.481 e. The SMILES string of the molecule is COc1ccc2[nH]c(=S)n(Cc3ccccc3)c2n1. The number of nitrogens with zero attached hydrogens (tertiary/aromatic N) is 2. The number of ether oxygens (including phenoxy) is 1. The summed E-state index contributed by atoms with van der Waals surface area (Å²) in [6.07, 6.45) is 0. The van der Waals surface area contributed by atoms with Crippen molar-refractivity contribution in [2.24, 2.45) is 0 Å². The summed E-state index contributed by atoms with van der Waals surface area (Å²) < 4.78 is 7.81. The van der Waals surface area contributed by atoms with Gasteiger partial charge in [-0.1, -0.05) is 30.3 Å². The second kappa shape index (κ2) is 4.85. The first-order chi connectivity index (χ1) is 9.28. The molecule has 3 aromatic rings. The Balaban J connectivity index is 2.12. The zero-order chi connectivity index (χ0) is 13.2. The summed E-state index contributed by atoms with van der Waals surface area (Å²) >= 11 is 5.36. The van der Waals surface area contributed by atoms with Crippen molar-refractivity contribution in [1.29, 1.82) is 0 Å². The highest BCUT2D eigenvalue weighted by atomic mass is 32.1. The first-order valence-electron chi connectivity index (χ1n) is 5.95. The Morgan fingerprint density at radius 1 is 1.21 bits per heavy atom. The highest BCUT2D eigenvalue weighted by Crippen LogP contribution is 2.17. The summed E-state index contributed by atoms with van der Waals surface area (Å²) in [7, 11) is 1.61. The fourth-order valence-corrected chi connectivity index (χ4v) is 2.30. The van der Waals surface area contributed by atoms with Gasteiger partial charge in [0.15, 0.2) is 10.4 Å². The molecule has 19 heavy (non-hydrogen) atoms. The predicted octanol–water partition coefficient (Wildman–Crippen LogP) is 3.15. The van der Waals surface area contributed by atoms with Gasteiger partial charge in [-0.2, -0.15) is 4.98 Å². The Kier molecular flexibility index (Phi) is 3.05. The molecule has 0 unspecified atom stereocenters. The zero-order valence-electron chi connectivity index (χ0n) is 10.5. The number of hydrogen-bond donors (Lipinski definition) is 1. The van der Waals surface area contributed by atoms with E-state index in [9.17, 15) is 0 Å². The number of aromatic nitrogens is 3. The lowest BCUT2D eigenvalue weighted by molar-refractivity contribution is 0.399. The van der Waals surface area contributed by atoms with E-state index in [4.69, 9.17) is 17.0 Å². The molecule has 4 nitrogen and oxygen atoms in total. The van der Waals surface area contributed by atoms with Gasteiger partial charge in [0, 0.05) is 6.07 Å². The van der Waals surface area contributed by atoms with Gasteiger partial charge in [0.1, 0.15) is 0 Å². The molecule has 0 saturated heterocycles. The third kappa shape index (κ3) is 2.24. The van der Waals surface area contributed by atoms with Crippen LogP contribution in [-0.4, -0.2) is 21.6 Å². The molecule has 5 heteroatoms. The van der Waals surface area contributed by atoms with E-state index in [1.165, 1.54) is 5.56 Å². The third-order valence-corrected chi connectivity index (χ3v) is 3.31. The maximum atomic E-state index is 5.36. The van der Waals surface area contributed by atoms with E-state index < -0.39 is 0 Å². The quantitative estimate of drug-likeness (QED) is 0.744. The molecular formula is C14H13N3OS. The Morgan fingerprint density at radius 2 is 2.00 bits per heavy atom. The van der Waals surface area contributed by atoms with Gasteiger partial charge in [-0.15, -0.1) is 0 Å². The monoisotopic (exact) mass is 271 g/mol. The number of methoxy groups -OCH3 is 1. The number of nitrogens with one attached hydrogen (secondary N) is 1. The number of aromatic amines is 1. The third-order valence-electron chi connectivity index (χ3n) is 2.98. The summed E-state index contributed by atoms with van der Waals surface area (Å²) in [6.45, 7) is 0.694. The van der Waals surface area contributed by atoms with Crippen LogP contribution in [0.5, 0.6) is 5.88 Å². The van der Waals surface area contributed by atoms with E-state index in [-0.39, 0.29) is 0 Å². The van der Waals surface area contributed by atoms with E-state index in [2.05, 4.69) is 22.1 Å². The van der Waals surface area contributed by atoms with Crippen molar-refractivity contribution in [1.82, 2.24) is 14.5 Å². The van der Waals surface area contributed by atoms with Crippen LogP contribution in [0.25, 0.3) is 11.2 Å². The highest BCUT2D eigenvalue weighted by molar-refractivity contribution is 7.71. The van der Waals surface area contributed by atoms with Crippen molar-refractivity contribution in [3.05, 3.63) is 52.8 Å². The lowest BCUT2D eigenvalue weighted by Crippen LogP contribution is -2.01. The molecule has 0 atom stereocenters. The molecule has 0 spiro atoms. The van der Waals surface area contributed by atoms with Crippen molar-refractivity contribution in [2.75, 3.05) is 7.11 Å². The molecule has 2 aromatic heterocycles. The van der Waals surface area contributed by atoms with Gasteiger partial charge in [-0.25, -0.2) is 0 Å². The van der Waals surface area contributed by atoms with Crippen LogP contribution in [0.4, 0.5) is 0 Å². The average molecular weight is 271 g/mol. The molecule has 2 heterocycles. The van der Waals surface area contributed by atoms with Gasteiger partial charge in [0.05, 0.1) is 19.2 Å². The molecule has 1 aromatic carbocycles. The van der Waals surface area contributed by atoms with Crippen LogP contribution in [0, 0.1) is 4.77 Å². The molecule has 0 bridgehead atoms. The fourth-order valence-electron chi connectivity index (χ4n) is 2.04. The van der Waals surface area contributed by atoms with E-state index in [0.29, 0.717) is 17.2 Å². The highest BCUT2D eigenvalue weighted by Gasteiger charge is 2.07. The van der Waals surface area contributed by atoms with Crippen LogP contribution >= 0.6 is 12.2 Å². The summed E-state index contributed by atoms with van der Waals surface area (Å²) in [6, 6.07) is 13.9. The summed E-state index contributed by atoms with van der Waals surface area (Å²) in [5.74, 6) is 0.586. The van der Waals surface area contributed by atoms with Crippen molar-refractivity contribution in [3.63, 3.8) is 0 Å². The van der Waals surface area contributed by atoms with Crippen LogP contribution < -0.4 is 4.74 Å². The lowest BCUT2D eigenvalue weighted by atomic mass is 10.2. The maximum absolute atomic E-state index is 5.36. The molecule has 0 aliphatic heterocycles. The molecule has 96 valence electrons. The fraction of sp³-hybridized carbons (Fsp3) is 0.143. The standard InChI is InChI=1S/C14H13N3OS/c1-18-12-8-7-11-13(16-12)17(14(19)15-11)9-10-5-3-2-4-6-10/h2-8H,9H2,1H3,(H,15,19). The molecule has 0 aliphatic carbocycles. The second-order valence-electron chi connectivity index (χ2n) is 4.23. The first kappa shape index (κ1) is 11.9. The Labute approximate surface area is 115 Å². The largest absolute Gasteiger partial charge is 0.481 e. The van der Waals surface area contributed by atoms with E-state index in [0.717, 1.165) is 11.2 Å². The molecule has 0 aliphatic rings. The van der Waals surface area contributed by atoms with Gasteiger partial charge in [-0.05, 0) is 23.8 Å². The van der Waals surface area contributed by atoms with Crippen LogP contribution in [0.1, 0.15) is 5.56 Å². The lowest BCUT2D eigenvalue weighted by Gasteiger charge is -2.05. The molecule has 0 radical (unpaired) electrons. The number of rotatable bonds is 3. The van der Waals surface area contributed by atoms with E-state index >= 15 is 0 Å². The van der Waals surface area contributed by atoms with Gasteiger partial charge >= 0.3 is 0 Å². The van der Waals surface area contributed by atoms with Gasteiger partial charge < -0.3 is 9.72 Å². The van der Waals surface area contributed by atoms with Crippen molar-refractivity contribution >= 4 is 23.4 Å². The Hall–Kier alpha value is -2.14. The van der Waals surface area contributed by atoms with E-state index in [1.54, 1.807) is 7.11 Å². The summed E-state index contributed by atoms with van der Waals surface area (Å²) in [4.78, 5) is 7.61. The molecule has 1 N–H and O–H groups in total. The minimum absolute atomic E-state index is 0.586. The van der Waals surface area contributed by atoms with Crippen LogP contribution in [-0.2, 0) is 6.54 Å². The van der Waals surface area contributed by atoms with Crippen LogP contribution in [0.2, 0.25) is 0 Å². The maximum Gasteiger partial charge on any atom is 0.215 e.